The molecule has 0 aliphatic carbocycles. The average molecular weight is 473 g/mol. The minimum atomic E-state index is -4.38. The Bertz CT molecular complexity index is 1160. The zero-order valence-electron chi connectivity index (χ0n) is 19.4. The third-order valence-electron chi connectivity index (χ3n) is 6.10. The van der Waals surface area contributed by atoms with E-state index in [1.807, 2.05) is 6.92 Å². The largest absolute Gasteiger partial charge is 0.416 e. The number of anilines is 2. The van der Waals surface area contributed by atoms with E-state index in [9.17, 15) is 18.0 Å². The molecular weight excluding hydrogens is 445 g/mol. The standard InChI is InChI=1S/C24H27F3N6O/c1-14(2)22-15(3)11-21(34)33(22)20-9-10-28-23(31-20)30-16(4)19-12-32(13-29-19)18-7-5-17(6-8-18)24(25,26)27/h5-10,12-16,22H,11H2,1-4H3,(H,28,30,31)/t15-,16+,22+/m1/s1. The lowest BCUT2D eigenvalue weighted by Crippen LogP contribution is -2.39. The molecule has 1 aromatic carbocycles. The molecule has 180 valence electrons. The molecule has 2 aromatic heterocycles. The lowest BCUT2D eigenvalue weighted by molar-refractivity contribution is -0.137. The van der Waals surface area contributed by atoms with Crippen molar-refractivity contribution >= 4 is 17.7 Å². The molecule has 1 aliphatic heterocycles. The van der Waals surface area contributed by atoms with E-state index in [-0.39, 0.29) is 23.9 Å². The Hall–Kier alpha value is -3.43. The minimum absolute atomic E-state index is 0.0548. The van der Waals surface area contributed by atoms with Gasteiger partial charge in [-0.3, -0.25) is 9.69 Å². The van der Waals surface area contributed by atoms with Gasteiger partial charge in [-0.05, 0) is 49.1 Å². The molecule has 34 heavy (non-hydrogen) atoms. The van der Waals surface area contributed by atoms with Gasteiger partial charge in [-0.1, -0.05) is 20.8 Å². The smallest absolute Gasteiger partial charge is 0.346 e. The van der Waals surface area contributed by atoms with E-state index in [1.54, 1.807) is 34.3 Å². The SMILES string of the molecule is CC(C)[C@H]1[C@H](C)CC(=O)N1c1ccnc(N[C@@H](C)c2cn(-c3ccc(C(F)(F)F)cc3)cn2)n1. The van der Waals surface area contributed by atoms with E-state index in [0.29, 0.717) is 35.5 Å². The quantitative estimate of drug-likeness (QED) is 0.530. The van der Waals surface area contributed by atoms with E-state index in [2.05, 4.69) is 41.0 Å². The number of aromatic nitrogens is 4. The number of halogens is 3. The van der Waals surface area contributed by atoms with Crippen molar-refractivity contribution in [1.29, 1.82) is 0 Å². The number of benzene rings is 1. The third kappa shape index (κ3) is 4.76. The van der Waals surface area contributed by atoms with E-state index in [4.69, 9.17) is 0 Å². The predicted molar refractivity (Wildman–Crippen MR) is 123 cm³/mol. The number of amides is 1. The van der Waals surface area contributed by atoms with Gasteiger partial charge in [-0.25, -0.2) is 9.97 Å². The van der Waals surface area contributed by atoms with Gasteiger partial charge in [0.1, 0.15) is 5.82 Å². The summed E-state index contributed by atoms with van der Waals surface area (Å²) in [4.78, 5) is 27.6. The van der Waals surface area contributed by atoms with E-state index < -0.39 is 11.7 Å². The molecule has 4 rings (SSSR count). The fourth-order valence-corrected chi connectivity index (χ4v) is 4.50. The van der Waals surface area contributed by atoms with Crippen molar-refractivity contribution in [2.45, 2.75) is 52.4 Å². The number of carbonyl (C=O) groups excluding carboxylic acids is 1. The summed E-state index contributed by atoms with van der Waals surface area (Å²) in [5.41, 5.74) is 0.535. The van der Waals surface area contributed by atoms with Crippen LogP contribution >= 0.6 is 0 Å². The van der Waals surface area contributed by atoms with Crippen LogP contribution in [0.15, 0.2) is 49.1 Å². The zero-order valence-corrected chi connectivity index (χ0v) is 19.4. The van der Waals surface area contributed by atoms with Gasteiger partial charge in [0.25, 0.3) is 0 Å². The van der Waals surface area contributed by atoms with Crippen molar-refractivity contribution in [2.24, 2.45) is 11.8 Å². The highest BCUT2D eigenvalue weighted by molar-refractivity contribution is 5.95. The molecule has 0 unspecified atom stereocenters. The molecule has 0 bridgehead atoms. The van der Waals surface area contributed by atoms with Crippen LogP contribution in [-0.4, -0.2) is 31.5 Å². The molecule has 1 aliphatic rings. The Kier molecular flexibility index (Phi) is 6.33. The summed E-state index contributed by atoms with van der Waals surface area (Å²) in [5, 5.41) is 3.20. The average Bonchev–Trinajstić information content (AvgIpc) is 3.38. The summed E-state index contributed by atoms with van der Waals surface area (Å²) < 4.78 is 40.1. The van der Waals surface area contributed by atoms with Crippen LogP contribution in [-0.2, 0) is 11.0 Å². The van der Waals surface area contributed by atoms with Crippen LogP contribution in [0.1, 0.15) is 51.4 Å². The van der Waals surface area contributed by atoms with Gasteiger partial charge in [0.05, 0.1) is 23.6 Å². The number of hydrogen-bond donors (Lipinski definition) is 1. The Morgan fingerprint density at radius 3 is 2.44 bits per heavy atom. The molecule has 10 heteroatoms. The van der Waals surface area contributed by atoms with Crippen molar-refractivity contribution < 1.29 is 18.0 Å². The summed E-state index contributed by atoms with van der Waals surface area (Å²) in [6, 6.07) is 6.42. The second kappa shape index (κ2) is 9.08. The molecule has 1 N–H and O–H groups in total. The molecule has 0 saturated carbocycles. The predicted octanol–water partition coefficient (Wildman–Crippen LogP) is 5.25. The third-order valence-corrected chi connectivity index (χ3v) is 6.10. The normalized spacial score (nSPS) is 19.6. The fraction of sp³-hybridized carbons (Fsp3) is 0.417. The monoisotopic (exact) mass is 472 g/mol. The highest BCUT2D eigenvalue weighted by Gasteiger charge is 2.40. The molecular formula is C24H27F3N6O. The maximum atomic E-state index is 12.8. The van der Waals surface area contributed by atoms with Crippen molar-refractivity contribution in [1.82, 2.24) is 19.5 Å². The first-order valence-electron chi connectivity index (χ1n) is 11.2. The minimum Gasteiger partial charge on any atom is -0.346 e. The Morgan fingerprint density at radius 1 is 1.09 bits per heavy atom. The Morgan fingerprint density at radius 2 is 1.79 bits per heavy atom. The van der Waals surface area contributed by atoms with Gasteiger partial charge >= 0.3 is 6.18 Å². The van der Waals surface area contributed by atoms with Gasteiger partial charge < -0.3 is 9.88 Å². The number of nitrogens with zero attached hydrogens (tertiary/aromatic N) is 5. The van der Waals surface area contributed by atoms with E-state index in [0.717, 1.165) is 12.1 Å². The van der Waals surface area contributed by atoms with Crippen molar-refractivity contribution in [3.63, 3.8) is 0 Å². The van der Waals surface area contributed by atoms with Gasteiger partial charge in [0.15, 0.2) is 0 Å². The lowest BCUT2D eigenvalue weighted by Gasteiger charge is -2.29. The fourth-order valence-electron chi connectivity index (χ4n) is 4.50. The van der Waals surface area contributed by atoms with Gasteiger partial charge in [0.2, 0.25) is 11.9 Å². The summed E-state index contributed by atoms with van der Waals surface area (Å²) >= 11 is 0. The first-order valence-corrected chi connectivity index (χ1v) is 11.2. The summed E-state index contributed by atoms with van der Waals surface area (Å²) in [6.07, 6.45) is 1.02. The van der Waals surface area contributed by atoms with Crippen LogP contribution in [0, 0.1) is 11.8 Å². The molecule has 1 amide bonds. The van der Waals surface area contributed by atoms with Crippen LogP contribution in [0.25, 0.3) is 5.69 Å². The molecule has 3 heterocycles. The maximum Gasteiger partial charge on any atom is 0.416 e. The second-order valence-electron chi connectivity index (χ2n) is 9.03. The Balaban J connectivity index is 1.49. The molecule has 7 nitrogen and oxygen atoms in total. The zero-order chi connectivity index (χ0) is 24.6. The number of rotatable bonds is 6. The summed E-state index contributed by atoms with van der Waals surface area (Å²) in [5.74, 6) is 1.52. The number of alkyl halides is 3. The Labute approximate surface area is 196 Å². The van der Waals surface area contributed by atoms with Gasteiger partial charge in [-0.15, -0.1) is 0 Å². The molecule has 1 fully saturated rings. The number of nitrogens with one attached hydrogen (secondary N) is 1. The summed E-state index contributed by atoms with van der Waals surface area (Å²) in [7, 11) is 0. The van der Waals surface area contributed by atoms with Crippen molar-refractivity contribution in [3.8, 4) is 5.69 Å². The first kappa shape index (κ1) is 23.7. The van der Waals surface area contributed by atoms with Gasteiger partial charge in [0, 0.05) is 30.5 Å². The molecule has 3 aromatic rings. The van der Waals surface area contributed by atoms with Crippen LogP contribution in [0.4, 0.5) is 24.9 Å². The first-order chi connectivity index (χ1) is 16.0. The number of imidazole rings is 1. The maximum absolute atomic E-state index is 12.8. The highest BCUT2D eigenvalue weighted by Crippen LogP contribution is 2.34. The number of hydrogen-bond acceptors (Lipinski definition) is 5. The van der Waals surface area contributed by atoms with Crippen LogP contribution < -0.4 is 10.2 Å². The van der Waals surface area contributed by atoms with Crippen LogP contribution in [0.3, 0.4) is 0 Å². The highest BCUT2D eigenvalue weighted by atomic mass is 19.4. The van der Waals surface area contributed by atoms with Crippen LogP contribution in [0.2, 0.25) is 0 Å². The van der Waals surface area contributed by atoms with Gasteiger partial charge in [-0.2, -0.15) is 18.2 Å². The van der Waals surface area contributed by atoms with Crippen LogP contribution in [0.5, 0.6) is 0 Å². The van der Waals surface area contributed by atoms with E-state index in [1.165, 1.54) is 12.1 Å². The molecule has 0 spiro atoms. The molecule has 0 radical (unpaired) electrons. The molecule has 1 saturated heterocycles. The van der Waals surface area contributed by atoms with Crippen molar-refractivity contribution in [2.75, 3.05) is 10.2 Å². The number of carbonyl (C=O) groups is 1. The van der Waals surface area contributed by atoms with E-state index >= 15 is 0 Å². The second-order valence-corrected chi connectivity index (χ2v) is 9.03. The van der Waals surface area contributed by atoms with Crippen molar-refractivity contribution in [3.05, 3.63) is 60.3 Å². The molecule has 3 atom stereocenters. The topological polar surface area (TPSA) is 75.9 Å². The summed E-state index contributed by atoms with van der Waals surface area (Å²) in [6.45, 7) is 8.16. The lowest BCUT2D eigenvalue weighted by atomic mass is 9.93.